The van der Waals surface area contributed by atoms with Gasteiger partial charge in [-0.25, -0.2) is 4.79 Å². The standard InChI is InChI=1S/C14H20N2O2/c1-12-7-3-2-5-9-14(13(17)18,16-11-15)10-6-4-8-12/h3,7-8,16H,2,4-6,9-10H2,1H3,(H,17,18)/b7-3+,12-8+/t14-/m0/s1. The molecule has 0 radical (unpaired) electrons. The van der Waals surface area contributed by atoms with E-state index in [4.69, 9.17) is 5.26 Å². The van der Waals surface area contributed by atoms with Crippen molar-refractivity contribution in [3.05, 3.63) is 23.8 Å². The van der Waals surface area contributed by atoms with Crippen LogP contribution in [0, 0.1) is 11.5 Å². The smallest absolute Gasteiger partial charge is 0.330 e. The Hall–Kier alpha value is -1.76. The summed E-state index contributed by atoms with van der Waals surface area (Å²) in [6.07, 6.45) is 12.3. The van der Waals surface area contributed by atoms with Crippen LogP contribution in [0.1, 0.15) is 45.4 Å². The van der Waals surface area contributed by atoms with Crippen LogP contribution >= 0.6 is 0 Å². The predicted molar refractivity (Wildman–Crippen MR) is 69.7 cm³/mol. The molecule has 0 spiro atoms. The average Bonchev–Trinajstić information content (AvgIpc) is 2.36. The molecule has 1 aliphatic rings. The van der Waals surface area contributed by atoms with Gasteiger partial charge in [0.25, 0.3) is 0 Å². The van der Waals surface area contributed by atoms with Crippen molar-refractivity contribution in [2.45, 2.75) is 51.0 Å². The molecule has 0 aromatic carbocycles. The Labute approximate surface area is 108 Å². The third kappa shape index (κ3) is 3.92. The SMILES string of the molecule is CC1=C\CCC[C@](NC#N)(C(=O)O)CCC\C=C\1. The average molecular weight is 248 g/mol. The number of carboxylic acids is 1. The van der Waals surface area contributed by atoms with Crippen molar-refractivity contribution in [2.24, 2.45) is 0 Å². The van der Waals surface area contributed by atoms with Crippen molar-refractivity contribution in [3.63, 3.8) is 0 Å². The van der Waals surface area contributed by atoms with Crippen LogP contribution in [-0.2, 0) is 4.79 Å². The van der Waals surface area contributed by atoms with E-state index in [1.165, 1.54) is 5.57 Å². The molecule has 1 rings (SSSR count). The molecule has 0 aromatic heterocycles. The first-order valence-corrected chi connectivity index (χ1v) is 6.34. The molecule has 2 N–H and O–H groups in total. The van der Waals surface area contributed by atoms with Crippen molar-refractivity contribution >= 4 is 5.97 Å². The lowest BCUT2D eigenvalue weighted by Crippen LogP contribution is -2.50. The highest BCUT2D eigenvalue weighted by Gasteiger charge is 2.37. The molecule has 4 nitrogen and oxygen atoms in total. The molecular formula is C14H20N2O2. The molecule has 0 unspecified atom stereocenters. The second-order valence-corrected chi connectivity index (χ2v) is 4.76. The summed E-state index contributed by atoms with van der Waals surface area (Å²) in [5.41, 5.74) is 0.125. The second kappa shape index (κ2) is 6.85. The van der Waals surface area contributed by atoms with Gasteiger partial charge < -0.3 is 10.4 Å². The number of rotatable bonds is 2. The van der Waals surface area contributed by atoms with Crippen molar-refractivity contribution < 1.29 is 9.90 Å². The maximum absolute atomic E-state index is 11.4. The minimum atomic E-state index is -1.09. The molecule has 0 saturated heterocycles. The third-order valence-corrected chi connectivity index (χ3v) is 3.33. The number of carboxylic acid groups (broad SMARTS) is 1. The van der Waals surface area contributed by atoms with E-state index in [1.807, 2.05) is 6.92 Å². The van der Waals surface area contributed by atoms with Crippen LogP contribution in [0.4, 0.5) is 0 Å². The quantitative estimate of drug-likeness (QED) is 0.582. The topological polar surface area (TPSA) is 73.1 Å². The molecule has 98 valence electrons. The summed E-state index contributed by atoms with van der Waals surface area (Å²) >= 11 is 0. The fourth-order valence-electron chi connectivity index (χ4n) is 2.22. The van der Waals surface area contributed by atoms with Gasteiger partial charge >= 0.3 is 5.97 Å². The van der Waals surface area contributed by atoms with Gasteiger partial charge in [0.05, 0.1) is 0 Å². The highest BCUT2D eigenvalue weighted by molar-refractivity contribution is 5.79. The van der Waals surface area contributed by atoms with E-state index in [-0.39, 0.29) is 0 Å². The third-order valence-electron chi connectivity index (χ3n) is 3.33. The summed E-state index contributed by atoms with van der Waals surface area (Å²) in [5, 5.41) is 20.6. The number of nitrogens with zero attached hydrogens (tertiary/aromatic N) is 1. The van der Waals surface area contributed by atoms with Gasteiger partial charge in [-0.15, -0.1) is 0 Å². The lowest BCUT2D eigenvalue weighted by atomic mass is 9.87. The van der Waals surface area contributed by atoms with Gasteiger partial charge in [0.15, 0.2) is 6.19 Å². The minimum absolute atomic E-state index is 0.485. The zero-order valence-corrected chi connectivity index (χ0v) is 10.8. The molecule has 18 heavy (non-hydrogen) atoms. The molecule has 0 amide bonds. The molecule has 0 saturated carbocycles. The first kappa shape index (κ1) is 14.3. The Morgan fingerprint density at radius 1 is 1.44 bits per heavy atom. The fraction of sp³-hybridized carbons (Fsp3) is 0.571. The molecule has 0 fully saturated rings. The highest BCUT2D eigenvalue weighted by atomic mass is 16.4. The van der Waals surface area contributed by atoms with Crippen LogP contribution in [0.25, 0.3) is 0 Å². The van der Waals surface area contributed by atoms with E-state index >= 15 is 0 Å². The Bertz CT molecular complexity index is 393. The summed E-state index contributed by atoms with van der Waals surface area (Å²) in [7, 11) is 0. The van der Waals surface area contributed by atoms with Gasteiger partial charge in [0.1, 0.15) is 5.54 Å². The van der Waals surface area contributed by atoms with E-state index in [2.05, 4.69) is 23.5 Å². The molecule has 0 heterocycles. The molecule has 0 bridgehead atoms. The number of hydrogen-bond acceptors (Lipinski definition) is 3. The van der Waals surface area contributed by atoms with Crippen molar-refractivity contribution in [2.75, 3.05) is 0 Å². The number of nitrogens with one attached hydrogen (secondary N) is 1. The van der Waals surface area contributed by atoms with Crippen LogP contribution < -0.4 is 5.32 Å². The van der Waals surface area contributed by atoms with Gasteiger partial charge in [0.2, 0.25) is 0 Å². The Morgan fingerprint density at radius 2 is 2.11 bits per heavy atom. The highest BCUT2D eigenvalue weighted by Crippen LogP contribution is 2.23. The van der Waals surface area contributed by atoms with Crippen LogP contribution in [0.15, 0.2) is 23.8 Å². The number of hydrogen-bond donors (Lipinski definition) is 2. The zero-order chi connectivity index (χ0) is 13.4. The first-order chi connectivity index (χ1) is 8.60. The molecule has 1 atom stereocenters. The largest absolute Gasteiger partial charge is 0.479 e. The van der Waals surface area contributed by atoms with Crippen LogP contribution in [0.3, 0.4) is 0 Å². The monoisotopic (exact) mass is 248 g/mol. The summed E-state index contributed by atoms with van der Waals surface area (Å²) in [5.74, 6) is -0.923. The van der Waals surface area contributed by atoms with Gasteiger partial charge in [-0.2, -0.15) is 5.26 Å². The van der Waals surface area contributed by atoms with Gasteiger partial charge in [0, 0.05) is 0 Å². The lowest BCUT2D eigenvalue weighted by Gasteiger charge is -2.27. The van der Waals surface area contributed by atoms with Gasteiger partial charge in [-0.3, -0.25) is 0 Å². The van der Waals surface area contributed by atoms with Gasteiger partial charge in [-0.05, 0) is 45.4 Å². The number of carbonyl (C=O) groups is 1. The molecule has 1 aliphatic carbocycles. The first-order valence-electron chi connectivity index (χ1n) is 6.34. The predicted octanol–water partition coefficient (Wildman–Crippen LogP) is 2.74. The van der Waals surface area contributed by atoms with E-state index in [1.54, 1.807) is 6.19 Å². The van der Waals surface area contributed by atoms with Crippen molar-refractivity contribution in [1.82, 2.24) is 5.32 Å². The summed E-state index contributed by atoms with van der Waals surface area (Å²) in [4.78, 5) is 11.4. The molecule has 0 aromatic rings. The van der Waals surface area contributed by atoms with E-state index in [9.17, 15) is 9.90 Å². The second-order valence-electron chi connectivity index (χ2n) is 4.76. The maximum atomic E-state index is 11.4. The van der Waals surface area contributed by atoms with Crippen LogP contribution in [-0.4, -0.2) is 16.6 Å². The van der Waals surface area contributed by atoms with E-state index in [0.717, 1.165) is 25.7 Å². The molecule has 0 aliphatic heterocycles. The van der Waals surface area contributed by atoms with E-state index < -0.39 is 11.5 Å². The Kier molecular flexibility index (Phi) is 5.44. The maximum Gasteiger partial charge on any atom is 0.330 e. The molecular weight excluding hydrogens is 228 g/mol. The van der Waals surface area contributed by atoms with Crippen molar-refractivity contribution in [3.8, 4) is 6.19 Å². The molecule has 4 heteroatoms. The lowest BCUT2D eigenvalue weighted by molar-refractivity contribution is -0.145. The zero-order valence-electron chi connectivity index (χ0n) is 10.8. The number of nitriles is 1. The fourth-order valence-corrected chi connectivity index (χ4v) is 2.22. The van der Waals surface area contributed by atoms with Crippen molar-refractivity contribution in [1.29, 1.82) is 5.26 Å². The Morgan fingerprint density at radius 3 is 2.72 bits per heavy atom. The summed E-state index contributed by atoms with van der Waals surface area (Å²) in [6.45, 7) is 2.05. The van der Waals surface area contributed by atoms with Crippen LogP contribution in [0.5, 0.6) is 0 Å². The minimum Gasteiger partial charge on any atom is -0.479 e. The number of aliphatic carboxylic acids is 1. The van der Waals surface area contributed by atoms with Gasteiger partial charge in [-0.1, -0.05) is 23.8 Å². The Balaban J connectivity index is 2.83. The summed E-state index contributed by atoms with van der Waals surface area (Å²) in [6, 6.07) is 0. The van der Waals surface area contributed by atoms with Crippen LogP contribution in [0.2, 0.25) is 0 Å². The normalized spacial score (nSPS) is 30.1. The number of allylic oxidation sites excluding steroid dienone is 4. The van der Waals surface area contributed by atoms with E-state index in [0.29, 0.717) is 12.8 Å². The summed E-state index contributed by atoms with van der Waals surface area (Å²) < 4.78 is 0.